The molecule has 0 unspecified atom stereocenters. The maximum absolute atomic E-state index is 11.0. The van der Waals surface area contributed by atoms with E-state index >= 15 is 0 Å². The summed E-state index contributed by atoms with van der Waals surface area (Å²) in [6.45, 7) is 2.26. The summed E-state index contributed by atoms with van der Waals surface area (Å²) >= 11 is 0. The Morgan fingerprint density at radius 3 is 1.82 bits per heavy atom. The van der Waals surface area contributed by atoms with E-state index in [1.165, 1.54) is 83.8 Å². The van der Waals surface area contributed by atoms with Gasteiger partial charge in [0.05, 0.1) is 7.11 Å². The van der Waals surface area contributed by atoms with Crippen LogP contribution in [-0.2, 0) is 9.53 Å². The van der Waals surface area contributed by atoms with E-state index < -0.39 is 12.1 Å². The number of ether oxygens (including phenoxy) is 1. The fourth-order valence-corrected chi connectivity index (χ4v) is 2.53. The van der Waals surface area contributed by atoms with Crippen LogP contribution in [0.4, 0.5) is 0 Å². The van der Waals surface area contributed by atoms with Crippen LogP contribution in [0.5, 0.6) is 0 Å². The first-order chi connectivity index (χ1) is 10.7. The molecular weight excluding hydrogens is 276 g/mol. The lowest BCUT2D eigenvalue weighted by Crippen LogP contribution is -2.18. The number of esters is 1. The van der Waals surface area contributed by atoms with E-state index in [2.05, 4.69) is 11.7 Å². The molecule has 1 N–H and O–H groups in total. The van der Waals surface area contributed by atoms with Gasteiger partial charge in [0.2, 0.25) is 0 Å². The molecule has 0 saturated heterocycles. The highest BCUT2D eigenvalue weighted by molar-refractivity contribution is 5.76. The molecule has 0 aliphatic heterocycles. The van der Waals surface area contributed by atoms with Gasteiger partial charge < -0.3 is 9.84 Å². The van der Waals surface area contributed by atoms with Crippen molar-refractivity contribution in [2.45, 2.75) is 96.5 Å². The Bertz CT molecular complexity index is 274. The first kappa shape index (κ1) is 21.2. The number of methoxy groups -OCH3 is 1. The third kappa shape index (κ3) is 14.1. The first-order valence-electron chi connectivity index (χ1n) is 9.15. The largest absolute Gasteiger partial charge is 0.467 e. The predicted octanol–water partition coefficient (Wildman–Crippen LogP) is 5.17. The topological polar surface area (TPSA) is 46.5 Å². The third-order valence-electron chi connectivity index (χ3n) is 3.99. The van der Waals surface area contributed by atoms with Crippen LogP contribution in [0.3, 0.4) is 0 Å². The minimum absolute atomic E-state index is 0.592. The van der Waals surface area contributed by atoms with Crippen molar-refractivity contribution < 1.29 is 14.6 Å². The summed E-state index contributed by atoms with van der Waals surface area (Å²) in [6.07, 6.45) is 19.3. The van der Waals surface area contributed by atoms with Gasteiger partial charge in [-0.05, 0) is 18.9 Å². The van der Waals surface area contributed by atoms with Gasteiger partial charge in [-0.2, -0.15) is 0 Å². The Morgan fingerprint density at radius 1 is 0.909 bits per heavy atom. The van der Waals surface area contributed by atoms with Crippen LogP contribution in [0.2, 0.25) is 0 Å². The standard InChI is InChI=1S/C19H36O3/c1-3-4-5-6-7-8-9-10-11-12-13-14-15-16-17-18(20)19(21)22-2/h16-18,20H,3-15H2,1-2H3/b17-16+/t18-/m0/s1. The zero-order valence-corrected chi connectivity index (χ0v) is 14.7. The van der Waals surface area contributed by atoms with E-state index in [0.717, 1.165) is 12.8 Å². The van der Waals surface area contributed by atoms with Gasteiger partial charge in [-0.25, -0.2) is 4.79 Å². The van der Waals surface area contributed by atoms with E-state index in [-0.39, 0.29) is 0 Å². The lowest BCUT2D eigenvalue weighted by Gasteiger charge is -2.03. The number of carbonyl (C=O) groups is 1. The van der Waals surface area contributed by atoms with Gasteiger partial charge in [0.25, 0.3) is 0 Å². The maximum atomic E-state index is 11.0. The molecule has 130 valence electrons. The minimum Gasteiger partial charge on any atom is -0.467 e. The Hall–Kier alpha value is -0.830. The molecule has 0 aromatic carbocycles. The number of carbonyl (C=O) groups excluding carboxylic acids is 1. The first-order valence-corrected chi connectivity index (χ1v) is 9.15. The smallest absolute Gasteiger partial charge is 0.338 e. The van der Waals surface area contributed by atoms with Gasteiger partial charge in [-0.3, -0.25) is 0 Å². The molecule has 22 heavy (non-hydrogen) atoms. The highest BCUT2D eigenvalue weighted by Crippen LogP contribution is 2.12. The maximum Gasteiger partial charge on any atom is 0.338 e. The normalized spacial score (nSPS) is 12.7. The van der Waals surface area contributed by atoms with E-state index in [1.54, 1.807) is 0 Å². The molecule has 0 bridgehead atoms. The summed E-state index contributed by atoms with van der Waals surface area (Å²) < 4.78 is 4.44. The third-order valence-corrected chi connectivity index (χ3v) is 3.99. The molecule has 0 radical (unpaired) electrons. The molecule has 0 heterocycles. The summed E-state index contributed by atoms with van der Waals surface area (Å²) in [5, 5.41) is 9.35. The highest BCUT2D eigenvalue weighted by Gasteiger charge is 2.09. The Balaban J connectivity index is 3.20. The van der Waals surface area contributed by atoms with Gasteiger partial charge in [-0.1, -0.05) is 83.6 Å². The van der Waals surface area contributed by atoms with Crippen molar-refractivity contribution in [1.82, 2.24) is 0 Å². The summed E-state index contributed by atoms with van der Waals surface area (Å²) in [5.74, 6) is -0.592. The molecule has 0 fully saturated rings. The number of aliphatic hydroxyl groups is 1. The molecule has 0 aromatic heterocycles. The van der Waals surface area contributed by atoms with Crippen LogP contribution in [0.1, 0.15) is 90.4 Å². The highest BCUT2D eigenvalue weighted by atomic mass is 16.5. The van der Waals surface area contributed by atoms with Gasteiger partial charge in [0.15, 0.2) is 6.10 Å². The van der Waals surface area contributed by atoms with E-state index in [4.69, 9.17) is 0 Å². The van der Waals surface area contributed by atoms with E-state index in [0.29, 0.717) is 0 Å². The van der Waals surface area contributed by atoms with Gasteiger partial charge in [-0.15, -0.1) is 0 Å². The monoisotopic (exact) mass is 312 g/mol. The van der Waals surface area contributed by atoms with Gasteiger partial charge in [0, 0.05) is 0 Å². The fourth-order valence-electron chi connectivity index (χ4n) is 2.53. The van der Waals surface area contributed by atoms with Gasteiger partial charge in [0.1, 0.15) is 0 Å². The van der Waals surface area contributed by atoms with Gasteiger partial charge >= 0.3 is 5.97 Å². The summed E-state index contributed by atoms with van der Waals surface area (Å²) in [5.41, 5.74) is 0. The van der Waals surface area contributed by atoms with E-state index in [1.807, 2.05) is 6.08 Å². The molecule has 0 saturated carbocycles. The molecule has 3 heteroatoms. The molecule has 0 aliphatic rings. The molecular formula is C19H36O3. The Kier molecular flexibility index (Phi) is 15.9. The zero-order chi connectivity index (χ0) is 16.5. The molecule has 3 nitrogen and oxygen atoms in total. The lowest BCUT2D eigenvalue weighted by atomic mass is 10.0. The van der Waals surface area contributed by atoms with Crippen LogP contribution in [0.15, 0.2) is 12.2 Å². The molecule has 1 atom stereocenters. The second kappa shape index (κ2) is 16.5. The number of allylic oxidation sites excluding steroid dienone is 1. The van der Waals surface area contributed by atoms with Crippen molar-refractivity contribution in [2.24, 2.45) is 0 Å². The Labute approximate surface area is 137 Å². The summed E-state index contributed by atoms with van der Waals surface area (Å²) in [6, 6.07) is 0. The van der Waals surface area contributed by atoms with Crippen molar-refractivity contribution in [2.75, 3.05) is 7.11 Å². The number of hydrogen-bond donors (Lipinski definition) is 1. The average molecular weight is 312 g/mol. The lowest BCUT2D eigenvalue weighted by molar-refractivity contribution is -0.147. The predicted molar refractivity (Wildman–Crippen MR) is 92.9 cm³/mol. The molecule has 0 amide bonds. The van der Waals surface area contributed by atoms with Crippen LogP contribution >= 0.6 is 0 Å². The Morgan fingerprint density at radius 2 is 1.36 bits per heavy atom. The van der Waals surface area contributed by atoms with Crippen molar-refractivity contribution >= 4 is 5.97 Å². The molecule has 0 aromatic rings. The molecule has 0 rings (SSSR count). The second-order valence-corrected chi connectivity index (χ2v) is 6.07. The van der Waals surface area contributed by atoms with Crippen molar-refractivity contribution in [3.8, 4) is 0 Å². The van der Waals surface area contributed by atoms with Crippen LogP contribution < -0.4 is 0 Å². The number of aliphatic hydroxyl groups excluding tert-OH is 1. The van der Waals surface area contributed by atoms with Crippen molar-refractivity contribution in [3.05, 3.63) is 12.2 Å². The average Bonchev–Trinajstić information content (AvgIpc) is 2.54. The number of rotatable bonds is 15. The number of hydrogen-bond acceptors (Lipinski definition) is 3. The van der Waals surface area contributed by atoms with Crippen molar-refractivity contribution in [3.63, 3.8) is 0 Å². The van der Waals surface area contributed by atoms with Crippen molar-refractivity contribution in [1.29, 1.82) is 0 Å². The quantitative estimate of drug-likeness (QED) is 0.258. The summed E-state index contributed by atoms with van der Waals surface area (Å²) in [7, 11) is 1.28. The summed E-state index contributed by atoms with van der Waals surface area (Å²) in [4.78, 5) is 11.0. The zero-order valence-electron chi connectivity index (χ0n) is 14.7. The number of unbranched alkanes of at least 4 members (excludes halogenated alkanes) is 12. The second-order valence-electron chi connectivity index (χ2n) is 6.07. The molecule has 0 spiro atoms. The van der Waals surface area contributed by atoms with E-state index in [9.17, 15) is 9.90 Å². The molecule has 0 aliphatic carbocycles. The van der Waals surface area contributed by atoms with Crippen LogP contribution in [0.25, 0.3) is 0 Å². The minimum atomic E-state index is -1.11. The SMILES string of the molecule is CCCCCCCCCCCCCC/C=C/[C@H](O)C(=O)OC. The van der Waals surface area contributed by atoms with Crippen LogP contribution in [0, 0.1) is 0 Å². The van der Waals surface area contributed by atoms with Crippen LogP contribution in [-0.4, -0.2) is 24.3 Å². The fraction of sp³-hybridized carbons (Fsp3) is 0.842.